The Kier molecular flexibility index (Phi) is 2.50. The molecule has 4 aromatic rings. The van der Waals surface area contributed by atoms with E-state index in [1.807, 2.05) is 30.3 Å². The van der Waals surface area contributed by atoms with Crippen LogP contribution in [0, 0.1) is 6.92 Å². The van der Waals surface area contributed by atoms with Gasteiger partial charge in [-0.05, 0) is 24.6 Å². The maximum Gasteiger partial charge on any atom is 0.200 e. The van der Waals surface area contributed by atoms with E-state index in [9.17, 15) is 0 Å². The third-order valence-electron chi connectivity index (χ3n) is 3.28. The first-order valence-corrected chi connectivity index (χ1v) is 7.23. The second-order valence-corrected chi connectivity index (χ2v) is 5.74. The Bertz CT molecular complexity index is 874. The van der Waals surface area contributed by atoms with Gasteiger partial charge in [-0.1, -0.05) is 41.7 Å². The van der Waals surface area contributed by atoms with E-state index in [0.29, 0.717) is 0 Å². The summed E-state index contributed by atoms with van der Waals surface area (Å²) in [6, 6.07) is 16.2. The molecule has 0 saturated carbocycles. The molecule has 0 radical (unpaired) electrons. The Morgan fingerprint density at radius 2 is 2.00 bits per heavy atom. The van der Waals surface area contributed by atoms with Crippen LogP contribution in [0.5, 0.6) is 0 Å². The lowest BCUT2D eigenvalue weighted by Gasteiger charge is -1.95. The molecule has 0 aliphatic carbocycles. The van der Waals surface area contributed by atoms with E-state index in [4.69, 9.17) is 4.42 Å². The summed E-state index contributed by atoms with van der Waals surface area (Å²) in [4.78, 5) is 4.63. The number of rotatable bonds is 2. The predicted molar refractivity (Wildman–Crippen MR) is 83.9 cm³/mol. The summed E-state index contributed by atoms with van der Waals surface area (Å²) in [6.45, 7) is 2.08. The zero-order valence-electron chi connectivity index (χ0n) is 10.9. The molecule has 20 heavy (non-hydrogen) atoms. The van der Waals surface area contributed by atoms with Crippen LogP contribution >= 0.6 is 11.3 Å². The van der Waals surface area contributed by atoms with Crippen molar-refractivity contribution in [3.8, 4) is 0 Å². The smallest absolute Gasteiger partial charge is 0.200 e. The van der Waals surface area contributed by atoms with Gasteiger partial charge in [-0.3, -0.25) is 0 Å². The fourth-order valence-corrected chi connectivity index (χ4v) is 3.24. The Balaban J connectivity index is 1.74. The molecule has 0 amide bonds. The molecule has 0 unspecified atom stereocenters. The van der Waals surface area contributed by atoms with E-state index >= 15 is 0 Å². The lowest BCUT2D eigenvalue weighted by molar-refractivity contribution is 0.634. The average Bonchev–Trinajstić information content (AvgIpc) is 3.02. The van der Waals surface area contributed by atoms with Crippen LogP contribution in [0.2, 0.25) is 0 Å². The molecule has 1 N–H and O–H groups in total. The van der Waals surface area contributed by atoms with Crippen molar-refractivity contribution in [1.82, 2.24) is 4.98 Å². The third-order valence-corrected chi connectivity index (χ3v) is 4.21. The van der Waals surface area contributed by atoms with E-state index in [1.54, 1.807) is 11.3 Å². The number of aromatic nitrogens is 1. The van der Waals surface area contributed by atoms with E-state index in [-0.39, 0.29) is 0 Å². The number of nitrogens with one attached hydrogen (secondary N) is 1. The minimum atomic E-state index is 0.725. The number of hydrogen-bond donors (Lipinski definition) is 1. The molecule has 3 nitrogen and oxygen atoms in total. The van der Waals surface area contributed by atoms with Gasteiger partial charge in [0.05, 0.1) is 10.2 Å². The monoisotopic (exact) mass is 280 g/mol. The zero-order chi connectivity index (χ0) is 13.5. The van der Waals surface area contributed by atoms with Crippen molar-refractivity contribution in [3.05, 3.63) is 54.1 Å². The van der Waals surface area contributed by atoms with Crippen molar-refractivity contribution < 1.29 is 4.42 Å². The van der Waals surface area contributed by atoms with Gasteiger partial charge in [0.25, 0.3) is 0 Å². The highest BCUT2D eigenvalue weighted by molar-refractivity contribution is 7.22. The molecule has 0 aliphatic rings. The number of fused-ring (bicyclic) bond motifs is 2. The van der Waals surface area contributed by atoms with E-state index < -0.39 is 0 Å². The van der Waals surface area contributed by atoms with Crippen molar-refractivity contribution in [2.75, 3.05) is 5.32 Å². The van der Waals surface area contributed by atoms with E-state index in [2.05, 4.69) is 35.4 Å². The van der Waals surface area contributed by atoms with Gasteiger partial charge >= 0.3 is 0 Å². The first-order valence-electron chi connectivity index (χ1n) is 6.41. The van der Waals surface area contributed by atoms with Crippen LogP contribution in [0.1, 0.15) is 5.56 Å². The quantitative estimate of drug-likeness (QED) is 0.555. The first kappa shape index (κ1) is 11.5. The predicted octanol–water partition coefficient (Wildman–Crippen LogP) is 5.09. The van der Waals surface area contributed by atoms with Gasteiger partial charge in [-0.25, -0.2) is 4.98 Å². The number of para-hydroxylation sites is 2. The molecule has 2 aromatic heterocycles. The average molecular weight is 280 g/mol. The number of thiazole rings is 1. The van der Waals surface area contributed by atoms with Crippen LogP contribution in [0.15, 0.2) is 52.9 Å². The second kappa shape index (κ2) is 4.35. The minimum Gasteiger partial charge on any atom is -0.440 e. The topological polar surface area (TPSA) is 38.1 Å². The van der Waals surface area contributed by atoms with Crippen LogP contribution < -0.4 is 5.32 Å². The lowest BCUT2D eigenvalue weighted by Crippen LogP contribution is -1.86. The summed E-state index contributed by atoms with van der Waals surface area (Å²) in [5.74, 6) is 0.725. The normalized spacial score (nSPS) is 11.2. The van der Waals surface area contributed by atoms with Crippen molar-refractivity contribution >= 4 is 43.5 Å². The molecule has 4 rings (SSSR count). The van der Waals surface area contributed by atoms with Gasteiger partial charge in [-0.2, -0.15) is 0 Å². The minimum absolute atomic E-state index is 0.725. The third kappa shape index (κ3) is 1.85. The summed E-state index contributed by atoms with van der Waals surface area (Å²) in [7, 11) is 0. The molecule has 0 aliphatic heterocycles. The Labute approximate surface area is 119 Å². The Morgan fingerprint density at radius 1 is 1.10 bits per heavy atom. The molecular formula is C16H12N2OS. The molecule has 0 saturated heterocycles. The van der Waals surface area contributed by atoms with E-state index in [0.717, 1.165) is 27.5 Å². The van der Waals surface area contributed by atoms with Gasteiger partial charge < -0.3 is 9.73 Å². The van der Waals surface area contributed by atoms with Crippen molar-refractivity contribution in [2.45, 2.75) is 6.92 Å². The lowest BCUT2D eigenvalue weighted by atomic mass is 10.2. The Morgan fingerprint density at radius 3 is 2.85 bits per heavy atom. The highest BCUT2D eigenvalue weighted by atomic mass is 32.1. The van der Waals surface area contributed by atoms with Crippen molar-refractivity contribution in [3.63, 3.8) is 0 Å². The molecule has 4 heteroatoms. The SMILES string of the molecule is Cc1cccc2sc(Nc3cc4ccccc4o3)nc12. The fraction of sp³-hybridized carbons (Fsp3) is 0.0625. The molecule has 2 aromatic carbocycles. The van der Waals surface area contributed by atoms with Gasteiger partial charge in [0, 0.05) is 11.5 Å². The number of benzene rings is 2. The maximum absolute atomic E-state index is 5.75. The van der Waals surface area contributed by atoms with Gasteiger partial charge in [0.1, 0.15) is 5.58 Å². The summed E-state index contributed by atoms with van der Waals surface area (Å²) in [5, 5.41) is 5.20. The fourth-order valence-electron chi connectivity index (χ4n) is 2.29. The summed E-state index contributed by atoms with van der Waals surface area (Å²) < 4.78 is 6.94. The molecule has 0 spiro atoms. The number of nitrogens with zero attached hydrogens (tertiary/aromatic N) is 1. The number of furan rings is 1. The highest BCUT2D eigenvalue weighted by Crippen LogP contribution is 2.31. The molecule has 2 heterocycles. The number of anilines is 2. The molecule has 98 valence electrons. The summed E-state index contributed by atoms with van der Waals surface area (Å²) >= 11 is 1.63. The maximum atomic E-state index is 5.75. The Hall–Kier alpha value is -2.33. The molecule has 0 bridgehead atoms. The second-order valence-electron chi connectivity index (χ2n) is 4.71. The van der Waals surface area contributed by atoms with Crippen LogP contribution in [0.4, 0.5) is 11.0 Å². The summed E-state index contributed by atoms with van der Waals surface area (Å²) in [5.41, 5.74) is 3.12. The van der Waals surface area contributed by atoms with Crippen LogP contribution in [0.25, 0.3) is 21.2 Å². The van der Waals surface area contributed by atoms with Crippen LogP contribution in [-0.2, 0) is 0 Å². The first-order chi connectivity index (χ1) is 9.79. The summed E-state index contributed by atoms with van der Waals surface area (Å²) in [6.07, 6.45) is 0. The molecule has 0 atom stereocenters. The highest BCUT2D eigenvalue weighted by Gasteiger charge is 2.08. The zero-order valence-corrected chi connectivity index (χ0v) is 11.7. The van der Waals surface area contributed by atoms with Gasteiger partial charge in [0.2, 0.25) is 0 Å². The van der Waals surface area contributed by atoms with Gasteiger partial charge in [-0.15, -0.1) is 0 Å². The van der Waals surface area contributed by atoms with Crippen LogP contribution in [0.3, 0.4) is 0 Å². The van der Waals surface area contributed by atoms with E-state index in [1.165, 1.54) is 10.3 Å². The molecule has 0 fully saturated rings. The molecular weight excluding hydrogens is 268 g/mol. The van der Waals surface area contributed by atoms with Crippen molar-refractivity contribution in [2.24, 2.45) is 0 Å². The van der Waals surface area contributed by atoms with Gasteiger partial charge in [0.15, 0.2) is 11.0 Å². The van der Waals surface area contributed by atoms with Crippen molar-refractivity contribution in [1.29, 1.82) is 0 Å². The standard InChI is InChI=1S/C16H12N2OS/c1-10-5-4-8-13-15(10)18-16(20-13)17-14-9-11-6-2-3-7-12(11)19-14/h2-9H,1H3,(H,17,18). The van der Waals surface area contributed by atoms with Crippen LogP contribution in [-0.4, -0.2) is 4.98 Å². The number of hydrogen-bond acceptors (Lipinski definition) is 4. The largest absolute Gasteiger partial charge is 0.440 e. The number of aryl methyl sites for hydroxylation is 1.